The molecule has 2 rings (SSSR count). The lowest BCUT2D eigenvalue weighted by Gasteiger charge is -2.38. The number of hydrogen-bond donors (Lipinski definition) is 0. The van der Waals surface area contributed by atoms with Gasteiger partial charge in [0.2, 0.25) is 11.2 Å². The molecule has 1 fully saturated rings. The van der Waals surface area contributed by atoms with Crippen molar-refractivity contribution >= 4 is 17.5 Å². The number of anilines is 1. The van der Waals surface area contributed by atoms with E-state index in [1.54, 1.807) is 0 Å². The summed E-state index contributed by atoms with van der Waals surface area (Å²) in [6.45, 7) is 7.93. The zero-order valence-corrected chi connectivity index (χ0v) is 12.2. The smallest absolute Gasteiger partial charge is 0.322 e. The van der Waals surface area contributed by atoms with Gasteiger partial charge in [-0.15, -0.1) is 0 Å². The van der Waals surface area contributed by atoms with Crippen molar-refractivity contribution in [1.29, 1.82) is 0 Å². The quantitative estimate of drug-likeness (QED) is 0.843. The summed E-state index contributed by atoms with van der Waals surface area (Å²) < 4.78 is 11.0. The van der Waals surface area contributed by atoms with Crippen LogP contribution in [0, 0.1) is 0 Å². The van der Waals surface area contributed by atoms with Gasteiger partial charge in [0, 0.05) is 6.54 Å². The van der Waals surface area contributed by atoms with E-state index in [0.717, 1.165) is 13.0 Å². The topological polar surface area (TPSA) is 60.4 Å². The van der Waals surface area contributed by atoms with E-state index in [4.69, 9.17) is 21.1 Å². The van der Waals surface area contributed by atoms with Gasteiger partial charge >= 0.3 is 6.01 Å². The van der Waals surface area contributed by atoms with Gasteiger partial charge in [-0.2, -0.15) is 15.0 Å². The minimum absolute atomic E-state index is 0.147. The molecule has 1 aliphatic rings. The van der Waals surface area contributed by atoms with Crippen LogP contribution in [0.5, 0.6) is 6.01 Å². The molecule has 0 aliphatic carbocycles. The predicted molar refractivity (Wildman–Crippen MR) is 72.8 cm³/mol. The number of aromatic nitrogens is 3. The van der Waals surface area contributed by atoms with E-state index < -0.39 is 0 Å². The van der Waals surface area contributed by atoms with Crippen LogP contribution in [-0.2, 0) is 4.74 Å². The van der Waals surface area contributed by atoms with Gasteiger partial charge < -0.3 is 14.4 Å². The molecule has 6 nitrogen and oxygen atoms in total. The van der Waals surface area contributed by atoms with Crippen LogP contribution < -0.4 is 9.64 Å². The lowest BCUT2D eigenvalue weighted by atomic mass is 10.1. The Labute approximate surface area is 118 Å². The fourth-order valence-corrected chi connectivity index (χ4v) is 2.22. The van der Waals surface area contributed by atoms with Crippen LogP contribution >= 0.6 is 11.6 Å². The second kappa shape index (κ2) is 6.34. The van der Waals surface area contributed by atoms with Gasteiger partial charge in [-0.3, -0.25) is 0 Å². The molecule has 1 aromatic heterocycles. The molecule has 106 valence electrons. The average Bonchev–Trinajstić information content (AvgIpc) is 2.38. The summed E-state index contributed by atoms with van der Waals surface area (Å²) in [5.41, 5.74) is 0. The van der Waals surface area contributed by atoms with E-state index in [9.17, 15) is 0 Å². The van der Waals surface area contributed by atoms with Crippen molar-refractivity contribution in [1.82, 2.24) is 15.0 Å². The summed E-state index contributed by atoms with van der Waals surface area (Å²) in [6.07, 6.45) is 1.11. The minimum Gasteiger partial charge on any atom is -0.464 e. The molecule has 0 N–H and O–H groups in total. The van der Waals surface area contributed by atoms with Crippen LogP contribution in [0.15, 0.2) is 0 Å². The maximum absolute atomic E-state index is 5.93. The number of hydrogen-bond acceptors (Lipinski definition) is 6. The minimum atomic E-state index is 0.147. The number of nitrogens with zero attached hydrogens (tertiary/aromatic N) is 4. The van der Waals surface area contributed by atoms with Gasteiger partial charge in [0.25, 0.3) is 0 Å². The maximum atomic E-state index is 5.93. The summed E-state index contributed by atoms with van der Waals surface area (Å²) in [5, 5.41) is 0.155. The van der Waals surface area contributed by atoms with Crippen LogP contribution in [-0.4, -0.2) is 46.9 Å². The molecular weight excluding hydrogens is 268 g/mol. The van der Waals surface area contributed by atoms with Crippen molar-refractivity contribution in [2.24, 2.45) is 0 Å². The maximum Gasteiger partial charge on any atom is 0.322 e. The molecule has 0 spiro atoms. The van der Waals surface area contributed by atoms with Crippen molar-refractivity contribution in [3.63, 3.8) is 0 Å². The highest BCUT2D eigenvalue weighted by molar-refractivity contribution is 6.28. The van der Waals surface area contributed by atoms with Crippen LogP contribution in [0.25, 0.3) is 0 Å². The third-order valence-electron chi connectivity index (χ3n) is 3.05. The molecular formula is C12H19ClN4O2. The van der Waals surface area contributed by atoms with Gasteiger partial charge in [0.1, 0.15) is 0 Å². The Hall–Kier alpha value is -1.14. The Bertz CT molecular complexity index is 432. The molecule has 1 saturated heterocycles. The lowest BCUT2D eigenvalue weighted by Crippen LogP contribution is -2.49. The number of rotatable bonds is 4. The Balaban J connectivity index is 2.27. The van der Waals surface area contributed by atoms with E-state index in [1.807, 2.05) is 13.8 Å². The molecule has 1 aliphatic heterocycles. The zero-order valence-electron chi connectivity index (χ0n) is 11.5. The molecule has 0 aromatic carbocycles. The molecule has 2 atom stereocenters. The second-order valence-corrected chi connectivity index (χ2v) is 4.82. The van der Waals surface area contributed by atoms with Crippen molar-refractivity contribution < 1.29 is 9.47 Å². The molecule has 2 unspecified atom stereocenters. The van der Waals surface area contributed by atoms with Gasteiger partial charge in [-0.1, -0.05) is 6.92 Å². The van der Waals surface area contributed by atoms with Crippen LogP contribution in [0.2, 0.25) is 5.28 Å². The van der Waals surface area contributed by atoms with Crippen molar-refractivity contribution in [3.8, 4) is 6.01 Å². The SMILES string of the molecule is CCOc1nc(Cl)nc(N2CC(C)OCC2CC)n1. The number of ether oxygens (including phenoxy) is 2. The first-order chi connectivity index (χ1) is 9.13. The third-order valence-corrected chi connectivity index (χ3v) is 3.21. The molecule has 0 saturated carbocycles. The van der Waals surface area contributed by atoms with Gasteiger partial charge in [-0.25, -0.2) is 0 Å². The van der Waals surface area contributed by atoms with E-state index >= 15 is 0 Å². The monoisotopic (exact) mass is 286 g/mol. The zero-order chi connectivity index (χ0) is 13.8. The first-order valence-corrected chi connectivity index (χ1v) is 6.94. The average molecular weight is 287 g/mol. The van der Waals surface area contributed by atoms with E-state index in [2.05, 4.69) is 26.8 Å². The molecule has 7 heteroatoms. The van der Waals surface area contributed by atoms with Crippen molar-refractivity contribution in [2.75, 3.05) is 24.7 Å². The highest BCUT2D eigenvalue weighted by Gasteiger charge is 2.28. The van der Waals surface area contributed by atoms with E-state index in [-0.39, 0.29) is 23.4 Å². The predicted octanol–water partition coefficient (Wildman–Crippen LogP) is 1.93. The first kappa shape index (κ1) is 14.3. The third kappa shape index (κ3) is 3.45. The molecule has 2 heterocycles. The summed E-state index contributed by atoms with van der Waals surface area (Å²) in [5.74, 6) is 0.561. The Morgan fingerprint density at radius 1 is 1.37 bits per heavy atom. The first-order valence-electron chi connectivity index (χ1n) is 6.56. The molecule has 0 amide bonds. The fourth-order valence-electron chi connectivity index (χ4n) is 2.07. The van der Waals surface area contributed by atoms with Gasteiger partial charge in [0.05, 0.1) is 25.4 Å². The molecule has 0 bridgehead atoms. The molecule has 0 radical (unpaired) electrons. The standard InChI is InChI=1S/C12H19ClN4O2/c1-4-9-7-19-8(3)6-17(9)11-14-10(13)15-12(16-11)18-5-2/h8-9H,4-7H2,1-3H3. The van der Waals surface area contributed by atoms with Crippen molar-refractivity contribution in [2.45, 2.75) is 39.3 Å². The Morgan fingerprint density at radius 2 is 2.16 bits per heavy atom. The fraction of sp³-hybridized carbons (Fsp3) is 0.750. The van der Waals surface area contributed by atoms with Gasteiger partial charge in [-0.05, 0) is 31.9 Å². The molecule has 1 aromatic rings. The summed E-state index contributed by atoms with van der Waals surface area (Å²) in [6, 6.07) is 0.524. The Kier molecular flexibility index (Phi) is 4.76. The van der Waals surface area contributed by atoms with Gasteiger partial charge in [0.15, 0.2) is 0 Å². The van der Waals surface area contributed by atoms with Crippen LogP contribution in [0.1, 0.15) is 27.2 Å². The highest BCUT2D eigenvalue weighted by atomic mass is 35.5. The Morgan fingerprint density at radius 3 is 2.84 bits per heavy atom. The largest absolute Gasteiger partial charge is 0.464 e. The number of morpholine rings is 1. The van der Waals surface area contributed by atoms with E-state index in [1.165, 1.54) is 0 Å². The number of halogens is 1. The van der Waals surface area contributed by atoms with Crippen LogP contribution in [0.3, 0.4) is 0 Å². The van der Waals surface area contributed by atoms with Crippen molar-refractivity contribution in [3.05, 3.63) is 5.28 Å². The summed E-state index contributed by atoms with van der Waals surface area (Å²) in [7, 11) is 0. The lowest BCUT2D eigenvalue weighted by molar-refractivity contribution is 0.0291. The van der Waals surface area contributed by atoms with E-state index in [0.29, 0.717) is 19.2 Å². The second-order valence-electron chi connectivity index (χ2n) is 4.48. The molecule has 19 heavy (non-hydrogen) atoms. The summed E-state index contributed by atoms with van der Waals surface area (Å²) in [4.78, 5) is 14.6. The van der Waals surface area contributed by atoms with Crippen LogP contribution in [0.4, 0.5) is 5.95 Å². The highest BCUT2D eigenvalue weighted by Crippen LogP contribution is 2.22. The normalized spacial score (nSPS) is 23.5. The summed E-state index contributed by atoms with van der Waals surface area (Å²) >= 11 is 5.93.